The van der Waals surface area contributed by atoms with Crippen LogP contribution in [0.1, 0.15) is 12.5 Å². The number of aryl methyl sites for hydroxylation is 1. The van der Waals surface area contributed by atoms with Crippen molar-refractivity contribution in [3.63, 3.8) is 0 Å². The highest BCUT2D eigenvalue weighted by Crippen LogP contribution is 2.34. The normalized spacial score (nSPS) is 18.6. The first-order valence-corrected chi connectivity index (χ1v) is 11.9. The molecule has 1 fully saturated rings. The molecule has 0 amide bonds. The molecule has 1 atom stereocenters. The lowest BCUT2D eigenvalue weighted by Gasteiger charge is -2.15. The third-order valence-electron chi connectivity index (χ3n) is 5.71. The van der Waals surface area contributed by atoms with Crippen LogP contribution in [0.25, 0.3) is 28.2 Å². The van der Waals surface area contributed by atoms with Crippen LogP contribution < -0.4 is 11.2 Å². The van der Waals surface area contributed by atoms with Crippen LogP contribution in [0.3, 0.4) is 0 Å². The number of hydrogen-bond donors (Lipinski definition) is 0. The van der Waals surface area contributed by atoms with Gasteiger partial charge in [-0.25, -0.2) is 13.2 Å². The summed E-state index contributed by atoms with van der Waals surface area (Å²) in [6.07, 6.45) is 2.26. The summed E-state index contributed by atoms with van der Waals surface area (Å²) < 4.78 is 31.2. The van der Waals surface area contributed by atoms with Gasteiger partial charge in [0.25, 0.3) is 5.56 Å². The lowest BCUT2D eigenvalue weighted by molar-refractivity contribution is 0.571. The molecule has 0 radical (unpaired) electrons. The average Bonchev–Trinajstić information content (AvgIpc) is 3.36. The third-order valence-corrected chi connectivity index (χ3v) is 7.99. The SMILES string of the molecule is Cn1c(=O)c2c(nc3n([C@H]4CCS(=O)(=O)C4)c(-c4ccc(Br)cc4)cn23)n(C)c1=O. The summed E-state index contributed by atoms with van der Waals surface area (Å²) in [5, 5.41) is 0. The van der Waals surface area contributed by atoms with Crippen molar-refractivity contribution in [3.8, 4) is 11.3 Å². The minimum Gasteiger partial charge on any atom is -0.305 e. The quantitative estimate of drug-likeness (QED) is 0.422. The van der Waals surface area contributed by atoms with Crippen molar-refractivity contribution in [2.45, 2.75) is 12.5 Å². The van der Waals surface area contributed by atoms with Gasteiger partial charge in [-0.15, -0.1) is 0 Å². The van der Waals surface area contributed by atoms with E-state index < -0.39 is 21.1 Å². The highest BCUT2D eigenvalue weighted by molar-refractivity contribution is 9.10. The number of aromatic nitrogens is 5. The number of benzene rings is 1. The summed E-state index contributed by atoms with van der Waals surface area (Å²) in [6, 6.07) is 7.36. The van der Waals surface area contributed by atoms with Crippen molar-refractivity contribution in [2.75, 3.05) is 11.5 Å². The maximum absolute atomic E-state index is 12.9. The summed E-state index contributed by atoms with van der Waals surface area (Å²) in [4.78, 5) is 29.8. The molecular weight excluding hydrogens is 474 g/mol. The molecule has 11 heteroatoms. The Bertz CT molecular complexity index is 1560. The van der Waals surface area contributed by atoms with Crippen molar-refractivity contribution < 1.29 is 8.42 Å². The highest BCUT2D eigenvalue weighted by Gasteiger charge is 2.33. The molecule has 3 aromatic heterocycles. The zero-order valence-electron chi connectivity index (χ0n) is 16.2. The van der Waals surface area contributed by atoms with E-state index in [-0.39, 0.29) is 28.7 Å². The Morgan fingerprint density at radius 2 is 1.80 bits per heavy atom. The van der Waals surface area contributed by atoms with Gasteiger partial charge in [-0.1, -0.05) is 28.1 Å². The molecule has 0 saturated carbocycles. The molecule has 156 valence electrons. The lowest BCUT2D eigenvalue weighted by Crippen LogP contribution is -2.37. The molecule has 1 aliphatic heterocycles. The van der Waals surface area contributed by atoms with Crippen LogP contribution in [0.2, 0.25) is 0 Å². The van der Waals surface area contributed by atoms with E-state index in [1.54, 1.807) is 17.6 Å². The van der Waals surface area contributed by atoms with Gasteiger partial charge in [0.2, 0.25) is 5.78 Å². The van der Waals surface area contributed by atoms with Crippen molar-refractivity contribution in [2.24, 2.45) is 14.1 Å². The molecule has 5 rings (SSSR count). The van der Waals surface area contributed by atoms with E-state index in [0.29, 0.717) is 12.2 Å². The Labute approximate surface area is 179 Å². The van der Waals surface area contributed by atoms with Crippen LogP contribution in [-0.2, 0) is 23.9 Å². The van der Waals surface area contributed by atoms with Gasteiger partial charge >= 0.3 is 5.69 Å². The average molecular weight is 492 g/mol. The van der Waals surface area contributed by atoms with E-state index in [4.69, 9.17) is 0 Å². The molecule has 0 aliphatic carbocycles. The smallest absolute Gasteiger partial charge is 0.305 e. The van der Waals surface area contributed by atoms with Crippen molar-refractivity contribution >= 4 is 42.7 Å². The fraction of sp³-hybridized carbons (Fsp3) is 0.316. The second kappa shape index (κ2) is 6.42. The van der Waals surface area contributed by atoms with Gasteiger partial charge in [-0.05, 0) is 24.1 Å². The monoisotopic (exact) mass is 491 g/mol. The molecule has 30 heavy (non-hydrogen) atoms. The molecule has 0 unspecified atom stereocenters. The van der Waals surface area contributed by atoms with Crippen molar-refractivity contribution in [1.29, 1.82) is 0 Å². The predicted molar refractivity (Wildman–Crippen MR) is 117 cm³/mol. The molecule has 0 spiro atoms. The molecule has 0 N–H and O–H groups in total. The van der Waals surface area contributed by atoms with Gasteiger partial charge in [-0.2, -0.15) is 4.98 Å². The first kappa shape index (κ1) is 19.3. The number of hydrogen-bond acceptors (Lipinski definition) is 5. The predicted octanol–water partition coefficient (Wildman–Crippen LogP) is 1.48. The van der Waals surface area contributed by atoms with Crippen LogP contribution in [-0.4, -0.2) is 43.0 Å². The molecule has 1 saturated heterocycles. The van der Waals surface area contributed by atoms with Crippen LogP contribution in [0.5, 0.6) is 0 Å². The number of rotatable bonds is 2. The van der Waals surface area contributed by atoms with Crippen LogP contribution in [0.4, 0.5) is 0 Å². The Morgan fingerprint density at radius 1 is 1.10 bits per heavy atom. The summed E-state index contributed by atoms with van der Waals surface area (Å²) in [7, 11) is -0.146. The number of sulfone groups is 1. The van der Waals surface area contributed by atoms with E-state index in [0.717, 1.165) is 20.3 Å². The fourth-order valence-electron chi connectivity index (χ4n) is 4.16. The first-order chi connectivity index (χ1) is 14.2. The second-order valence-corrected chi connectivity index (χ2v) is 10.8. The van der Waals surface area contributed by atoms with E-state index in [9.17, 15) is 18.0 Å². The topological polar surface area (TPSA) is 100 Å². The van der Waals surface area contributed by atoms with Crippen LogP contribution >= 0.6 is 15.9 Å². The maximum Gasteiger partial charge on any atom is 0.332 e. The third kappa shape index (κ3) is 2.72. The second-order valence-electron chi connectivity index (χ2n) is 7.61. The summed E-state index contributed by atoms with van der Waals surface area (Å²) in [5.74, 6) is 0.576. The van der Waals surface area contributed by atoms with E-state index in [1.165, 1.54) is 11.6 Å². The number of imidazole rings is 2. The van der Waals surface area contributed by atoms with Crippen molar-refractivity contribution in [1.82, 2.24) is 23.1 Å². The van der Waals surface area contributed by atoms with Gasteiger partial charge in [0.1, 0.15) is 0 Å². The van der Waals surface area contributed by atoms with E-state index in [2.05, 4.69) is 20.9 Å². The molecule has 4 heterocycles. The van der Waals surface area contributed by atoms with Gasteiger partial charge in [0, 0.05) is 24.8 Å². The van der Waals surface area contributed by atoms with Crippen molar-refractivity contribution in [3.05, 3.63) is 55.8 Å². The Morgan fingerprint density at radius 3 is 2.43 bits per heavy atom. The van der Waals surface area contributed by atoms with Gasteiger partial charge in [-0.3, -0.25) is 18.3 Å². The molecule has 1 aliphatic rings. The molecule has 9 nitrogen and oxygen atoms in total. The van der Waals surface area contributed by atoms with E-state index >= 15 is 0 Å². The van der Waals surface area contributed by atoms with Gasteiger partial charge in [0.15, 0.2) is 21.0 Å². The molecule has 4 aromatic rings. The van der Waals surface area contributed by atoms with E-state index in [1.807, 2.05) is 28.8 Å². The molecule has 0 bridgehead atoms. The standard InChI is InChI=1S/C19H18BrN5O4S/c1-22-16-15(17(26)23(2)19(22)27)24-9-14(11-3-5-12(20)6-4-11)25(18(24)21-16)13-7-8-30(28,29)10-13/h3-6,9,13H,7-8,10H2,1-2H3/t13-/m0/s1. The largest absolute Gasteiger partial charge is 0.332 e. The maximum atomic E-state index is 12.9. The Kier molecular flexibility index (Phi) is 4.13. The first-order valence-electron chi connectivity index (χ1n) is 9.33. The lowest BCUT2D eigenvalue weighted by atomic mass is 10.1. The minimum absolute atomic E-state index is 0.0149. The number of halogens is 1. The fourth-order valence-corrected chi connectivity index (χ4v) is 6.13. The number of nitrogens with zero attached hydrogens (tertiary/aromatic N) is 5. The minimum atomic E-state index is -3.14. The Hall–Kier alpha value is -2.66. The molecular formula is C19H18BrN5O4S. The Balaban J connectivity index is 1.90. The number of fused-ring (bicyclic) bond motifs is 3. The zero-order valence-corrected chi connectivity index (χ0v) is 18.6. The molecule has 1 aromatic carbocycles. The zero-order chi connectivity index (χ0) is 21.4. The van der Waals surface area contributed by atoms with Crippen LogP contribution in [0, 0.1) is 0 Å². The van der Waals surface area contributed by atoms with Gasteiger partial charge < -0.3 is 4.57 Å². The van der Waals surface area contributed by atoms with Gasteiger partial charge in [0.05, 0.1) is 23.2 Å². The summed E-state index contributed by atoms with van der Waals surface area (Å²) in [6.45, 7) is 0. The summed E-state index contributed by atoms with van der Waals surface area (Å²) in [5.41, 5.74) is 1.30. The highest BCUT2D eigenvalue weighted by atomic mass is 79.9. The summed E-state index contributed by atoms with van der Waals surface area (Å²) >= 11 is 3.43. The van der Waals surface area contributed by atoms with Crippen LogP contribution in [0.15, 0.2) is 44.5 Å².